The van der Waals surface area contributed by atoms with Crippen LogP contribution in [0.2, 0.25) is 0 Å². The zero-order chi connectivity index (χ0) is 15.3. The van der Waals surface area contributed by atoms with Crippen LogP contribution in [0.1, 0.15) is 49.9 Å². The third-order valence-electron chi connectivity index (χ3n) is 3.87. The summed E-state index contributed by atoms with van der Waals surface area (Å²) in [4.78, 5) is 12.2. The van der Waals surface area contributed by atoms with Gasteiger partial charge in [0.1, 0.15) is 5.75 Å². The first kappa shape index (κ1) is 15.8. The van der Waals surface area contributed by atoms with Gasteiger partial charge in [-0.05, 0) is 56.4 Å². The molecular formula is C17H25NO3. The molecule has 0 saturated heterocycles. The summed E-state index contributed by atoms with van der Waals surface area (Å²) < 4.78 is 5.65. The Morgan fingerprint density at radius 2 is 2.05 bits per heavy atom. The zero-order valence-electron chi connectivity index (χ0n) is 12.9. The van der Waals surface area contributed by atoms with Crippen molar-refractivity contribution >= 4 is 5.91 Å². The standard InChI is InChI=1S/C17H25NO3/c1-3-10-17(2,12-19)18-16(20)14-6-8-15(9-7-14)21-11-13-4-5-13/h6-9,13,19H,3-5,10-12H2,1-2H3,(H,18,20)/t17-/m0/s1. The third kappa shape index (κ3) is 4.74. The number of carbonyl (C=O) groups excluding carboxylic acids is 1. The molecular weight excluding hydrogens is 266 g/mol. The summed E-state index contributed by atoms with van der Waals surface area (Å²) in [6.07, 6.45) is 4.18. The Bertz CT molecular complexity index is 467. The molecule has 4 heteroatoms. The Hall–Kier alpha value is -1.55. The van der Waals surface area contributed by atoms with Gasteiger partial charge in [-0.25, -0.2) is 0 Å². The molecule has 0 unspecified atom stereocenters. The molecule has 0 spiro atoms. The highest BCUT2D eigenvalue weighted by atomic mass is 16.5. The number of nitrogens with one attached hydrogen (secondary N) is 1. The van der Waals surface area contributed by atoms with Gasteiger partial charge in [-0.1, -0.05) is 13.3 Å². The molecule has 1 aromatic carbocycles. The van der Waals surface area contributed by atoms with Crippen molar-refractivity contribution in [3.05, 3.63) is 29.8 Å². The lowest BCUT2D eigenvalue weighted by atomic mass is 9.96. The maximum absolute atomic E-state index is 12.2. The van der Waals surface area contributed by atoms with Crippen molar-refractivity contribution in [1.29, 1.82) is 0 Å². The van der Waals surface area contributed by atoms with Crippen molar-refractivity contribution in [1.82, 2.24) is 5.32 Å². The smallest absolute Gasteiger partial charge is 0.251 e. The number of hydrogen-bond acceptors (Lipinski definition) is 3. The lowest BCUT2D eigenvalue weighted by Gasteiger charge is -2.28. The SMILES string of the molecule is CCC[C@@](C)(CO)NC(=O)c1ccc(OCC2CC2)cc1. The first-order valence-corrected chi connectivity index (χ1v) is 7.72. The maximum atomic E-state index is 12.2. The number of rotatable bonds is 8. The fourth-order valence-corrected chi connectivity index (χ4v) is 2.28. The van der Waals surface area contributed by atoms with E-state index in [0.717, 1.165) is 25.2 Å². The lowest BCUT2D eigenvalue weighted by molar-refractivity contribution is 0.0841. The molecule has 1 fully saturated rings. The normalized spacial score (nSPS) is 17.1. The highest BCUT2D eigenvalue weighted by molar-refractivity contribution is 5.94. The van der Waals surface area contributed by atoms with Crippen molar-refractivity contribution in [3.63, 3.8) is 0 Å². The fourth-order valence-electron chi connectivity index (χ4n) is 2.28. The first-order valence-electron chi connectivity index (χ1n) is 7.72. The number of ether oxygens (including phenoxy) is 1. The van der Waals surface area contributed by atoms with E-state index in [-0.39, 0.29) is 12.5 Å². The largest absolute Gasteiger partial charge is 0.493 e. The minimum Gasteiger partial charge on any atom is -0.493 e. The van der Waals surface area contributed by atoms with E-state index in [0.29, 0.717) is 11.5 Å². The summed E-state index contributed by atoms with van der Waals surface area (Å²) in [7, 11) is 0. The molecule has 1 atom stereocenters. The van der Waals surface area contributed by atoms with Crippen LogP contribution in [0.25, 0.3) is 0 Å². The van der Waals surface area contributed by atoms with Crippen LogP contribution >= 0.6 is 0 Å². The molecule has 0 heterocycles. The maximum Gasteiger partial charge on any atom is 0.251 e. The molecule has 0 radical (unpaired) electrons. The average Bonchev–Trinajstić information content (AvgIpc) is 3.30. The summed E-state index contributed by atoms with van der Waals surface area (Å²) in [5.41, 5.74) is 0.0250. The van der Waals surface area contributed by atoms with Crippen LogP contribution in [-0.2, 0) is 0 Å². The van der Waals surface area contributed by atoms with Gasteiger partial charge < -0.3 is 15.2 Å². The van der Waals surface area contributed by atoms with Crippen molar-refractivity contribution < 1.29 is 14.6 Å². The van der Waals surface area contributed by atoms with Gasteiger partial charge in [-0.15, -0.1) is 0 Å². The minimum atomic E-state index is -0.563. The zero-order valence-corrected chi connectivity index (χ0v) is 12.9. The molecule has 4 nitrogen and oxygen atoms in total. The van der Waals surface area contributed by atoms with Gasteiger partial charge in [-0.2, -0.15) is 0 Å². The summed E-state index contributed by atoms with van der Waals surface area (Å²) in [5.74, 6) is 1.36. The van der Waals surface area contributed by atoms with Crippen molar-refractivity contribution in [2.45, 2.75) is 45.1 Å². The van der Waals surface area contributed by atoms with Crippen molar-refractivity contribution in [2.24, 2.45) is 5.92 Å². The summed E-state index contributed by atoms with van der Waals surface area (Å²) in [6, 6.07) is 7.18. The average molecular weight is 291 g/mol. The summed E-state index contributed by atoms with van der Waals surface area (Å²) in [5, 5.41) is 12.4. The van der Waals surface area contributed by atoms with Crippen LogP contribution in [0, 0.1) is 5.92 Å². The molecule has 116 valence electrons. The van der Waals surface area contributed by atoms with Gasteiger partial charge in [0.15, 0.2) is 0 Å². The monoisotopic (exact) mass is 291 g/mol. The number of amides is 1. The van der Waals surface area contributed by atoms with E-state index in [9.17, 15) is 9.90 Å². The molecule has 1 aliphatic carbocycles. The Balaban J connectivity index is 1.91. The number of carbonyl (C=O) groups is 1. The van der Waals surface area contributed by atoms with Crippen LogP contribution < -0.4 is 10.1 Å². The second-order valence-electron chi connectivity index (χ2n) is 6.20. The first-order chi connectivity index (χ1) is 10.1. The van der Waals surface area contributed by atoms with Gasteiger partial charge in [0.2, 0.25) is 0 Å². The second-order valence-corrected chi connectivity index (χ2v) is 6.20. The van der Waals surface area contributed by atoms with Gasteiger partial charge in [-0.3, -0.25) is 4.79 Å². The highest BCUT2D eigenvalue weighted by Crippen LogP contribution is 2.29. The third-order valence-corrected chi connectivity index (χ3v) is 3.87. The summed E-state index contributed by atoms with van der Waals surface area (Å²) in [6.45, 7) is 4.60. The molecule has 2 N–H and O–H groups in total. The van der Waals surface area contributed by atoms with Gasteiger partial charge in [0.25, 0.3) is 5.91 Å². The van der Waals surface area contributed by atoms with Crippen LogP contribution in [0.5, 0.6) is 5.75 Å². The van der Waals surface area contributed by atoms with Crippen LogP contribution in [0.3, 0.4) is 0 Å². The van der Waals surface area contributed by atoms with E-state index in [2.05, 4.69) is 5.32 Å². The van der Waals surface area contributed by atoms with E-state index < -0.39 is 5.54 Å². The van der Waals surface area contributed by atoms with Crippen LogP contribution in [-0.4, -0.2) is 29.8 Å². The quantitative estimate of drug-likeness (QED) is 0.774. The van der Waals surface area contributed by atoms with Gasteiger partial charge in [0, 0.05) is 5.56 Å². The molecule has 1 aliphatic rings. The van der Waals surface area contributed by atoms with Gasteiger partial charge >= 0.3 is 0 Å². The van der Waals surface area contributed by atoms with Crippen LogP contribution in [0.4, 0.5) is 0 Å². The molecule has 2 rings (SSSR count). The number of aliphatic hydroxyl groups excluding tert-OH is 1. The Labute approximate surface area is 126 Å². The number of benzene rings is 1. The second kappa shape index (κ2) is 6.94. The molecule has 1 aromatic rings. The highest BCUT2D eigenvalue weighted by Gasteiger charge is 2.25. The Morgan fingerprint density at radius 3 is 2.57 bits per heavy atom. The predicted octanol–water partition coefficient (Wildman–Crippen LogP) is 2.76. The van der Waals surface area contributed by atoms with E-state index in [1.807, 2.05) is 26.0 Å². The van der Waals surface area contributed by atoms with E-state index in [4.69, 9.17) is 4.74 Å². The van der Waals surface area contributed by atoms with E-state index in [1.54, 1.807) is 12.1 Å². The molecule has 0 aliphatic heterocycles. The molecule has 1 amide bonds. The molecule has 1 saturated carbocycles. The lowest BCUT2D eigenvalue weighted by Crippen LogP contribution is -2.48. The van der Waals surface area contributed by atoms with Gasteiger partial charge in [0.05, 0.1) is 18.8 Å². The molecule has 0 aromatic heterocycles. The van der Waals surface area contributed by atoms with E-state index >= 15 is 0 Å². The van der Waals surface area contributed by atoms with Crippen molar-refractivity contribution in [3.8, 4) is 5.75 Å². The van der Waals surface area contributed by atoms with E-state index in [1.165, 1.54) is 12.8 Å². The number of hydrogen-bond donors (Lipinski definition) is 2. The Morgan fingerprint density at radius 1 is 1.38 bits per heavy atom. The fraction of sp³-hybridized carbons (Fsp3) is 0.588. The Kier molecular flexibility index (Phi) is 5.23. The topological polar surface area (TPSA) is 58.6 Å². The predicted molar refractivity (Wildman–Crippen MR) is 82.5 cm³/mol. The molecule has 0 bridgehead atoms. The molecule has 21 heavy (non-hydrogen) atoms. The van der Waals surface area contributed by atoms with Crippen LogP contribution in [0.15, 0.2) is 24.3 Å². The van der Waals surface area contributed by atoms with Crippen molar-refractivity contribution in [2.75, 3.05) is 13.2 Å². The minimum absolute atomic E-state index is 0.0604. The number of aliphatic hydroxyl groups is 1. The summed E-state index contributed by atoms with van der Waals surface area (Å²) >= 11 is 0.